The summed E-state index contributed by atoms with van der Waals surface area (Å²) >= 11 is 0. The smallest absolute Gasteiger partial charge is 0.414 e. The van der Waals surface area contributed by atoms with E-state index in [1.54, 1.807) is 6.07 Å². The Morgan fingerprint density at radius 2 is 1.43 bits per heavy atom. The minimum absolute atomic E-state index is 0.254. The van der Waals surface area contributed by atoms with Crippen LogP contribution in [0.5, 0.6) is 11.5 Å². The van der Waals surface area contributed by atoms with Crippen molar-refractivity contribution in [2.24, 2.45) is 0 Å². The van der Waals surface area contributed by atoms with Gasteiger partial charge in [-0.3, -0.25) is 0 Å². The van der Waals surface area contributed by atoms with Gasteiger partial charge in [0.15, 0.2) is 5.75 Å². The van der Waals surface area contributed by atoms with Gasteiger partial charge >= 0.3 is 14.5 Å². The van der Waals surface area contributed by atoms with Gasteiger partial charge in [0.2, 0.25) is 0 Å². The third kappa shape index (κ3) is 2.82. The van der Waals surface area contributed by atoms with E-state index in [2.05, 4.69) is 41.5 Å². The van der Waals surface area contributed by atoms with E-state index in [1.165, 1.54) is 6.92 Å². The molecule has 1 aliphatic rings. The first-order valence-electron chi connectivity index (χ1n) is 7.28. The highest BCUT2D eigenvalue weighted by molar-refractivity contribution is 6.74. The molecule has 1 aromatic carbocycles. The molecule has 1 unspecified atom stereocenters. The van der Waals surface area contributed by atoms with Gasteiger partial charge in [-0.05, 0) is 12.1 Å². The second-order valence-corrected chi connectivity index (χ2v) is 12.4. The number of ether oxygens (including phenoxy) is 1. The molecule has 21 heavy (non-hydrogen) atoms. The van der Waals surface area contributed by atoms with Gasteiger partial charge in [0.1, 0.15) is 5.75 Å². The van der Waals surface area contributed by atoms with Gasteiger partial charge in [0, 0.05) is 17.0 Å². The van der Waals surface area contributed by atoms with E-state index in [-0.39, 0.29) is 10.1 Å². The third-order valence-electron chi connectivity index (χ3n) is 3.71. The molecule has 4 nitrogen and oxygen atoms in total. The Balaban J connectivity index is 2.67. The summed E-state index contributed by atoms with van der Waals surface area (Å²) in [6, 6.07) is 7.38. The van der Waals surface area contributed by atoms with E-state index in [9.17, 15) is 5.11 Å². The first-order valence-corrected chi connectivity index (χ1v) is 9.09. The fourth-order valence-electron chi connectivity index (χ4n) is 3.02. The summed E-state index contributed by atoms with van der Waals surface area (Å²) in [4.78, 5) is 0. The number of para-hydroxylation sites is 2. The zero-order valence-electron chi connectivity index (χ0n) is 14.0. The minimum Gasteiger partial charge on any atom is -0.517 e. The van der Waals surface area contributed by atoms with Gasteiger partial charge in [-0.25, -0.2) is 0 Å². The Morgan fingerprint density at radius 3 is 1.90 bits per heavy atom. The minimum atomic E-state index is -2.90. The molecular weight excluding hydrogens is 284 g/mol. The van der Waals surface area contributed by atoms with Crippen LogP contribution in [-0.4, -0.2) is 19.6 Å². The Hall–Kier alpha value is -1.04. The molecule has 0 amide bonds. The number of rotatable bonds is 0. The number of aliphatic hydroxyl groups is 1. The molecule has 1 N–H and O–H groups in total. The topological polar surface area (TPSA) is 47.9 Å². The Kier molecular flexibility index (Phi) is 3.68. The molecule has 0 aromatic heterocycles. The molecule has 1 aliphatic heterocycles. The lowest BCUT2D eigenvalue weighted by molar-refractivity contribution is -0.269. The van der Waals surface area contributed by atoms with E-state index in [0.717, 1.165) is 0 Å². The Labute approximate surface area is 128 Å². The standard InChI is InChI=1S/C16H26O4Si/c1-14(2,3)21(15(4,5)6)19-13-11-9-8-10-12(13)18-16(7,17)20-21/h8-11,17H,1-7H3. The fraction of sp³-hybridized carbons (Fsp3) is 0.625. The predicted molar refractivity (Wildman–Crippen MR) is 84.6 cm³/mol. The summed E-state index contributed by atoms with van der Waals surface area (Å²) < 4.78 is 18.2. The van der Waals surface area contributed by atoms with E-state index < -0.39 is 14.5 Å². The van der Waals surface area contributed by atoms with Crippen LogP contribution in [0.4, 0.5) is 0 Å². The molecule has 0 radical (unpaired) electrons. The van der Waals surface area contributed by atoms with Gasteiger partial charge in [-0.2, -0.15) is 0 Å². The summed E-state index contributed by atoms with van der Waals surface area (Å²) in [5, 5.41) is 10.1. The van der Waals surface area contributed by atoms with Crippen molar-refractivity contribution in [2.45, 2.75) is 64.5 Å². The van der Waals surface area contributed by atoms with Crippen molar-refractivity contribution in [3.05, 3.63) is 24.3 Å². The monoisotopic (exact) mass is 310 g/mol. The normalized spacial score (nSPS) is 25.3. The highest BCUT2D eigenvalue weighted by Gasteiger charge is 2.64. The second kappa shape index (κ2) is 4.73. The molecular formula is C16H26O4Si. The van der Waals surface area contributed by atoms with Crippen LogP contribution in [0, 0.1) is 0 Å². The number of fused-ring (bicyclic) bond motifs is 1. The lowest BCUT2D eigenvalue weighted by Crippen LogP contribution is -2.63. The third-order valence-corrected chi connectivity index (χ3v) is 8.83. The lowest BCUT2D eigenvalue weighted by Gasteiger charge is -2.49. The van der Waals surface area contributed by atoms with Crippen LogP contribution < -0.4 is 9.16 Å². The molecule has 1 heterocycles. The molecule has 0 fully saturated rings. The molecule has 0 aliphatic carbocycles. The first-order chi connectivity index (χ1) is 9.38. The van der Waals surface area contributed by atoms with Crippen molar-refractivity contribution in [1.82, 2.24) is 0 Å². The van der Waals surface area contributed by atoms with Gasteiger partial charge in [0.05, 0.1) is 0 Å². The van der Waals surface area contributed by atoms with Crippen LogP contribution in [0.15, 0.2) is 24.3 Å². The van der Waals surface area contributed by atoms with Crippen molar-refractivity contribution >= 4 is 8.56 Å². The van der Waals surface area contributed by atoms with Gasteiger partial charge < -0.3 is 18.7 Å². The zero-order valence-corrected chi connectivity index (χ0v) is 15.0. The second-order valence-electron chi connectivity index (χ2n) is 7.77. The van der Waals surface area contributed by atoms with Crippen LogP contribution in [0.2, 0.25) is 10.1 Å². The van der Waals surface area contributed by atoms with E-state index in [4.69, 9.17) is 13.6 Å². The van der Waals surface area contributed by atoms with E-state index >= 15 is 0 Å². The first kappa shape index (κ1) is 16.3. The summed E-state index contributed by atoms with van der Waals surface area (Å²) in [7, 11) is -2.90. The average Bonchev–Trinajstić information content (AvgIpc) is 2.39. The maximum atomic E-state index is 10.6. The Bertz CT molecular complexity index is 512. The van der Waals surface area contributed by atoms with Crippen LogP contribution >= 0.6 is 0 Å². The van der Waals surface area contributed by atoms with Gasteiger partial charge in [0.25, 0.3) is 0 Å². The zero-order chi connectivity index (χ0) is 16.1. The van der Waals surface area contributed by atoms with Crippen LogP contribution in [0.1, 0.15) is 48.5 Å². The number of hydrogen-bond acceptors (Lipinski definition) is 4. The van der Waals surface area contributed by atoms with Crippen molar-refractivity contribution in [2.75, 3.05) is 0 Å². The van der Waals surface area contributed by atoms with Crippen molar-refractivity contribution < 1.29 is 18.7 Å². The molecule has 5 heteroatoms. The van der Waals surface area contributed by atoms with Crippen molar-refractivity contribution in [3.63, 3.8) is 0 Å². The molecule has 0 saturated carbocycles. The van der Waals surface area contributed by atoms with Crippen molar-refractivity contribution in [1.29, 1.82) is 0 Å². The average molecular weight is 310 g/mol. The molecule has 2 rings (SSSR count). The maximum Gasteiger partial charge on any atom is 0.414 e. The predicted octanol–water partition coefficient (Wildman–Crippen LogP) is 4.18. The highest BCUT2D eigenvalue weighted by Crippen LogP contribution is 2.55. The quantitative estimate of drug-likeness (QED) is 0.730. The summed E-state index contributed by atoms with van der Waals surface area (Å²) in [6.07, 6.45) is 0. The van der Waals surface area contributed by atoms with E-state index in [0.29, 0.717) is 11.5 Å². The van der Waals surface area contributed by atoms with E-state index in [1.807, 2.05) is 18.2 Å². The lowest BCUT2D eigenvalue weighted by atomic mass is 10.2. The van der Waals surface area contributed by atoms with Gasteiger partial charge in [-0.1, -0.05) is 53.7 Å². The van der Waals surface area contributed by atoms with Crippen LogP contribution in [-0.2, 0) is 4.43 Å². The summed E-state index contributed by atoms with van der Waals surface area (Å²) in [6.45, 7) is 14.1. The number of benzene rings is 1. The molecule has 1 aromatic rings. The highest BCUT2D eigenvalue weighted by atomic mass is 28.4. The Morgan fingerprint density at radius 1 is 0.952 bits per heavy atom. The molecule has 118 valence electrons. The maximum absolute atomic E-state index is 10.6. The molecule has 1 atom stereocenters. The largest absolute Gasteiger partial charge is 0.517 e. The fourth-order valence-corrected chi connectivity index (χ4v) is 7.59. The van der Waals surface area contributed by atoms with Crippen molar-refractivity contribution in [3.8, 4) is 11.5 Å². The molecule has 0 saturated heterocycles. The van der Waals surface area contributed by atoms with Crippen LogP contribution in [0.3, 0.4) is 0 Å². The summed E-state index contributed by atoms with van der Waals surface area (Å²) in [5.41, 5.74) is 0. The molecule has 0 bridgehead atoms. The molecule has 0 spiro atoms. The SMILES string of the molecule is CC1(O)Oc2ccccc2O[Si](C(C)(C)C)(C(C)(C)C)O1. The summed E-state index contributed by atoms with van der Waals surface area (Å²) in [5.74, 6) is -0.573. The van der Waals surface area contributed by atoms with Crippen LogP contribution in [0.25, 0.3) is 0 Å². The van der Waals surface area contributed by atoms with Gasteiger partial charge in [-0.15, -0.1) is 0 Å². The number of hydrogen-bond donors (Lipinski definition) is 1.